The number of amides is 1. The number of ether oxygens (including phenoxy) is 1. The molecule has 0 saturated heterocycles. The Labute approximate surface area is 149 Å². The molecule has 1 amide bonds. The van der Waals surface area contributed by atoms with Crippen LogP contribution < -0.4 is 15.8 Å². The molecular formula is C19H25ClN2O2. The van der Waals surface area contributed by atoms with Crippen molar-refractivity contribution in [3.05, 3.63) is 65.2 Å². The van der Waals surface area contributed by atoms with E-state index in [4.69, 9.17) is 10.5 Å². The number of halogens is 1. The number of benzene rings is 2. The van der Waals surface area contributed by atoms with Crippen LogP contribution in [0.15, 0.2) is 48.5 Å². The van der Waals surface area contributed by atoms with Crippen LogP contribution in [-0.2, 0) is 6.61 Å². The van der Waals surface area contributed by atoms with E-state index in [0.717, 1.165) is 5.56 Å². The molecule has 2 aromatic carbocycles. The summed E-state index contributed by atoms with van der Waals surface area (Å²) < 4.78 is 5.87. The van der Waals surface area contributed by atoms with Gasteiger partial charge < -0.3 is 15.8 Å². The fraction of sp³-hybridized carbons (Fsp3) is 0.316. The summed E-state index contributed by atoms with van der Waals surface area (Å²) in [4.78, 5) is 12.3. The van der Waals surface area contributed by atoms with Gasteiger partial charge >= 0.3 is 0 Å². The van der Waals surface area contributed by atoms with Crippen molar-refractivity contribution in [2.45, 2.75) is 20.5 Å². The van der Waals surface area contributed by atoms with E-state index in [1.165, 1.54) is 5.56 Å². The second kappa shape index (κ2) is 9.96. The summed E-state index contributed by atoms with van der Waals surface area (Å²) in [6.45, 7) is 5.59. The normalized spacial score (nSPS) is 11.3. The largest absolute Gasteiger partial charge is 0.488 e. The summed E-state index contributed by atoms with van der Waals surface area (Å²) in [5.41, 5.74) is 8.41. The maximum Gasteiger partial charge on any atom is 0.255 e. The van der Waals surface area contributed by atoms with Gasteiger partial charge in [-0.25, -0.2) is 0 Å². The minimum Gasteiger partial charge on any atom is -0.488 e. The second-order valence-corrected chi connectivity index (χ2v) is 5.76. The lowest BCUT2D eigenvalue weighted by Crippen LogP contribution is -2.31. The number of para-hydroxylation sites is 1. The fourth-order valence-electron chi connectivity index (χ4n) is 2.15. The smallest absolute Gasteiger partial charge is 0.255 e. The number of carbonyl (C=O) groups excluding carboxylic acids is 1. The molecule has 0 aromatic heterocycles. The molecule has 4 nitrogen and oxygen atoms in total. The van der Waals surface area contributed by atoms with E-state index in [1.807, 2.05) is 56.3 Å². The molecule has 0 saturated carbocycles. The molecule has 0 fully saturated rings. The lowest BCUT2D eigenvalue weighted by molar-refractivity contribution is 0.0944. The monoisotopic (exact) mass is 348 g/mol. The van der Waals surface area contributed by atoms with E-state index >= 15 is 0 Å². The summed E-state index contributed by atoms with van der Waals surface area (Å²) in [6.07, 6.45) is 0. The Morgan fingerprint density at radius 1 is 1.17 bits per heavy atom. The van der Waals surface area contributed by atoms with Crippen LogP contribution in [0.5, 0.6) is 5.75 Å². The highest BCUT2D eigenvalue weighted by molar-refractivity contribution is 5.96. The van der Waals surface area contributed by atoms with E-state index in [9.17, 15) is 4.79 Å². The number of rotatable bonds is 7. The molecule has 2 aromatic rings. The van der Waals surface area contributed by atoms with Crippen LogP contribution in [0.4, 0.5) is 0 Å². The Bertz CT molecular complexity index is 661. The number of nitrogens with one attached hydrogen (secondary N) is 1. The quantitative estimate of drug-likeness (QED) is 0.806. The maximum atomic E-state index is 12.3. The van der Waals surface area contributed by atoms with E-state index in [1.54, 1.807) is 6.07 Å². The molecule has 0 spiro atoms. The van der Waals surface area contributed by atoms with E-state index in [2.05, 4.69) is 5.32 Å². The van der Waals surface area contributed by atoms with Gasteiger partial charge in [0.1, 0.15) is 12.4 Å². The lowest BCUT2D eigenvalue weighted by Gasteiger charge is -2.14. The Morgan fingerprint density at radius 2 is 1.83 bits per heavy atom. The minimum absolute atomic E-state index is 0. The van der Waals surface area contributed by atoms with Gasteiger partial charge in [0.15, 0.2) is 0 Å². The van der Waals surface area contributed by atoms with Gasteiger partial charge in [-0.1, -0.05) is 43.3 Å². The Balaban J connectivity index is 0.00000288. The number of nitrogens with two attached hydrogens (primary N) is 1. The molecule has 1 atom stereocenters. The number of aryl methyl sites for hydroxylation is 1. The molecule has 0 aliphatic heterocycles. The second-order valence-electron chi connectivity index (χ2n) is 5.76. The van der Waals surface area contributed by atoms with Crippen molar-refractivity contribution >= 4 is 18.3 Å². The number of hydrogen-bond acceptors (Lipinski definition) is 3. The van der Waals surface area contributed by atoms with Gasteiger partial charge in [0.25, 0.3) is 5.91 Å². The zero-order chi connectivity index (χ0) is 16.7. The molecule has 1 unspecified atom stereocenters. The fourth-order valence-corrected chi connectivity index (χ4v) is 2.15. The van der Waals surface area contributed by atoms with Crippen molar-refractivity contribution in [3.63, 3.8) is 0 Å². The van der Waals surface area contributed by atoms with Crippen molar-refractivity contribution in [2.75, 3.05) is 13.1 Å². The van der Waals surface area contributed by atoms with Crippen molar-refractivity contribution in [2.24, 2.45) is 11.7 Å². The van der Waals surface area contributed by atoms with Gasteiger partial charge in [-0.05, 0) is 42.6 Å². The van der Waals surface area contributed by atoms with Crippen LogP contribution in [-0.4, -0.2) is 19.0 Å². The van der Waals surface area contributed by atoms with Crippen molar-refractivity contribution in [1.29, 1.82) is 0 Å². The molecule has 2 rings (SSSR count). The van der Waals surface area contributed by atoms with Gasteiger partial charge in [-0.2, -0.15) is 0 Å². The van der Waals surface area contributed by atoms with Crippen LogP contribution in [0.25, 0.3) is 0 Å². The summed E-state index contributed by atoms with van der Waals surface area (Å²) in [6, 6.07) is 15.4. The number of carbonyl (C=O) groups is 1. The maximum absolute atomic E-state index is 12.3. The Kier molecular flexibility index (Phi) is 8.30. The summed E-state index contributed by atoms with van der Waals surface area (Å²) in [7, 11) is 0. The van der Waals surface area contributed by atoms with Gasteiger partial charge in [0.2, 0.25) is 0 Å². The molecule has 0 aliphatic rings. The molecule has 130 valence electrons. The highest BCUT2D eigenvalue weighted by atomic mass is 35.5. The molecule has 0 aliphatic carbocycles. The summed E-state index contributed by atoms with van der Waals surface area (Å²) in [5.74, 6) is 0.707. The van der Waals surface area contributed by atoms with Gasteiger partial charge in [-0.15, -0.1) is 12.4 Å². The predicted octanol–water partition coefficient (Wildman–Crippen LogP) is 3.32. The molecule has 5 heteroatoms. The highest BCUT2D eigenvalue weighted by Crippen LogP contribution is 2.20. The molecule has 0 bridgehead atoms. The third kappa shape index (κ3) is 5.55. The first-order valence-electron chi connectivity index (χ1n) is 7.86. The highest BCUT2D eigenvalue weighted by Gasteiger charge is 2.13. The standard InChI is InChI=1S/C19H24N2O2.ClH/c1-14(11-20)12-21-19(22)17-9-5-6-10-18(17)23-13-16-8-4-3-7-15(16)2;/h3-10,14H,11-13,20H2,1-2H3,(H,21,22);1H. The first-order chi connectivity index (χ1) is 11.1. The van der Waals surface area contributed by atoms with E-state index in [0.29, 0.717) is 31.0 Å². The van der Waals surface area contributed by atoms with Crippen molar-refractivity contribution in [3.8, 4) is 5.75 Å². The topological polar surface area (TPSA) is 64.3 Å². The van der Waals surface area contributed by atoms with Crippen LogP contribution in [0.2, 0.25) is 0 Å². The van der Waals surface area contributed by atoms with Gasteiger partial charge in [0.05, 0.1) is 5.56 Å². The minimum atomic E-state index is -0.134. The third-order valence-electron chi connectivity index (χ3n) is 3.79. The van der Waals surface area contributed by atoms with Crippen molar-refractivity contribution < 1.29 is 9.53 Å². The van der Waals surface area contributed by atoms with Crippen molar-refractivity contribution in [1.82, 2.24) is 5.32 Å². The third-order valence-corrected chi connectivity index (χ3v) is 3.79. The predicted molar refractivity (Wildman–Crippen MR) is 99.8 cm³/mol. The van der Waals surface area contributed by atoms with Crippen LogP contribution >= 0.6 is 12.4 Å². The molecule has 24 heavy (non-hydrogen) atoms. The Morgan fingerprint density at radius 3 is 2.54 bits per heavy atom. The number of hydrogen-bond donors (Lipinski definition) is 2. The Hall–Kier alpha value is -2.04. The average molecular weight is 349 g/mol. The van der Waals surface area contributed by atoms with E-state index < -0.39 is 0 Å². The molecule has 0 radical (unpaired) electrons. The summed E-state index contributed by atoms with van der Waals surface area (Å²) in [5, 5.41) is 2.90. The molecule has 3 N–H and O–H groups in total. The first-order valence-corrected chi connectivity index (χ1v) is 7.86. The average Bonchev–Trinajstić information content (AvgIpc) is 2.59. The van der Waals surface area contributed by atoms with Crippen LogP contribution in [0.3, 0.4) is 0 Å². The summed E-state index contributed by atoms with van der Waals surface area (Å²) >= 11 is 0. The van der Waals surface area contributed by atoms with Crippen LogP contribution in [0.1, 0.15) is 28.4 Å². The van der Waals surface area contributed by atoms with Gasteiger partial charge in [-0.3, -0.25) is 4.79 Å². The first kappa shape index (κ1) is 20.0. The van der Waals surface area contributed by atoms with E-state index in [-0.39, 0.29) is 24.2 Å². The molecular weight excluding hydrogens is 324 g/mol. The van der Waals surface area contributed by atoms with Gasteiger partial charge in [0, 0.05) is 6.54 Å². The lowest BCUT2D eigenvalue weighted by atomic mass is 10.1. The zero-order valence-electron chi connectivity index (χ0n) is 14.1. The SMILES string of the molecule is Cc1ccccc1COc1ccccc1C(=O)NCC(C)CN.Cl. The van der Waals surface area contributed by atoms with Crippen LogP contribution in [0, 0.1) is 12.8 Å². The zero-order valence-corrected chi connectivity index (χ0v) is 14.9. The molecule has 0 heterocycles.